The molecule has 0 aliphatic carbocycles. The summed E-state index contributed by atoms with van der Waals surface area (Å²) in [7, 11) is 0. The molecule has 0 spiro atoms. The van der Waals surface area contributed by atoms with Crippen LogP contribution in [0.2, 0.25) is 5.02 Å². The van der Waals surface area contributed by atoms with Crippen LogP contribution in [0.4, 0.5) is 0 Å². The molecule has 2 nitrogen and oxygen atoms in total. The first-order valence-electron chi connectivity index (χ1n) is 6.83. The third-order valence-corrected chi connectivity index (χ3v) is 3.93. The van der Waals surface area contributed by atoms with Gasteiger partial charge in [-0.2, -0.15) is 0 Å². The van der Waals surface area contributed by atoms with Crippen LogP contribution in [0.15, 0.2) is 53.5 Å². The van der Waals surface area contributed by atoms with Crippen molar-refractivity contribution in [1.29, 1.82) is 0 Å². The normalized spacial score (nSPS) is 10.9. The van der Waals surface area contributed by atoms with E-state index < -0.39 is 0 Å². The van der Waals surface area contributed by atoms with Crippen LogP contribution < -0.4 is 10.5 Å². The number of hydrogen-bond acceptors (Lipinski definition) is 2. The van der Waals surface area contributed by atoms with Gasteiger partial charge in [0.1, 0.15) is 12.4 Å². The predicted molar refractivity (Wildman–Crippen MR) is 98.1 cm³/mol. The molecular formula is C18H17BrClNO. The van der Waals surface area contributed by atoms with Gasteiger partial charge in [-0.3, -0.25) is 0 Å². The average Bonchev–Trinajstić information content (AvgIpc) is 2.52. The van der Waals surface area contributed by atoms with Crippen molar-refractivity contribution in [2.75, 3.05) is 6.61 Å². The van der Waals surface area contributed by atoms with Crippen LogP contribution in [0.5, 0.6) is 5.75 Å². The third kappa shape index (κ3) is 4.73. The minimum atomic E-state index is 0.469. The van der Waals surface area contributed by atoms with E-state index in [2.05, 4.69) is 22.5 Å². The van der Waals surface area contributed by atoms with Gasteiger partial charge in [0.15, 0.2) is 0 Å². The first-order chi connectivity index (χ1) is 10.6. The van der Waals surface area contributed by atoms with E-state index >= 15 is 0 Å². The first-order valence-corrected chi connectivity index (χ1v) is 8.00. The van der Waals surface area contributed by atoms with Crippen molar-refractivity contribution in [1.82, 2.24) is 0 Å². The van der Waals surface area contributed by atoms with Gasteiger partial charge in [-0.05, 0) is 41.0 Å². The van der Waals surface area contributed by atoms with E-state index in [1.54, 1.807) is 6.08 Å². The number of ether oxygens (including phenoxy) is 1. The van der Waals surface area contributed by atoms with Crippen molar-refractivity contribution >= 4 is 39.7 Å². The van der Waals surface area contributed by atoms with Gasteiger partial charge in [0.2, 0.25) is 0 Å². The lowest BCUT2D eigenvalue weighted by Gasteiger charge is -2.07. The Bertz CT molecular complexity index is 697. The van der Waals surface area contributed by atoms with Gasteiger partial charge in [-0.1, -0.05) is 64.5 Å². The molecule has 0 aromatic heterocycles. The Morgan fingerprint density at radius 1 is 1.18 bits per heavy atom. The Hall–Kier alpha value is -1.55. The van der Waals surface area contributed by atoms with Crippen molar-refractivity contribution in [2.45, 2.75) is 6.54 Å². The molecule has 0 unspecified atom stereocenters. The molecule has 4 heteroatoms. The van der Waals surface area contributed by atoms with Crippen molar-refractivity contribution in [2.24, 2.45) is 5.73 Å². The zero-order valence-electron chi connectivity index (χ0n) is 12.1. The summed E-state index contributed by atoms with van der Waals surface area (Å²) in [6.07, 6.45) is 5.76. The summed E-state index contributed by atoms with van der Waals surface area (Å²) >= 11 is 9.46. The largest absolute Gasteiger partial charge is 0.490 e. The van der Waals surface area contributed by atoms with E-state index in [-0.39, 0.29) is 0 Å². The van der Waals surface area contributed by atoms with Crippen LogP contribution in [0, 0.1) is 0 Å². The van der Waals surface area contributed by atoms with Crippen LogP contribution in [-0.2, 0) is 6.54 Å². The highest BCUT2D eigenvalue weighted by Gasteiger charge is 2.01. The zero-order chi connectivity index (χ0) is 15.9. The fraction of sp³-hybridized carbons (Fsp3) is 0.111. The molecule has 114 valence electrons. The van der Waals surface area contributed by atoms with Gasteiger partial charge in [-0.15, -0.1) is 0 Å². The maximum absolute atomic E-state index is 5.95. The SMILES string of the molecule is C=CCOc1cc(/C=C/c2ccc(Cl)cc2Br)cc(CN)c1. The van der Waals surface area contributed by atoms with Gasteiger partial charge in [0, 0.05) is 16.0 Å². The number of nitrogens with two attached hydrogens (primary N) is 1. The van der Waals surface area contributed by atoms with Gasteiger partial charge in [0.05, 0.1) is 0 Å². The van der Waals surface area contributed by atoms with Gasteiger partial charge < -0.3 is 10.5 Å². The molecule has 0 saturated heterocycles. The number of halogens is 2. The lowest BCUT2D eigenvalue weighted by Crippen LogP contribution is -1.99. The van der Waals surface area contributed by atoms with E-state index in [0.717, 1.165) is 26.9 Å². The van der Waals surface area contributed by atoms with Crippen molar-refractivity contribution in [3.05, 3.63) is 75.2 Å². The first kappa shape index (κ1) is 16.8. The molecule has 0 radical (unpaired) electrons. The maximum atomic E-state index is 5.95. The van der Waals surface area contributed by atoms with Crippen LogP contribution in [0.3, 0.4) is 0 Å². The zero-order valence-corrected chi connectivity index (χ0v) is 14.4. The minimum absolute atomic E-state index is 0.469. The molecule has 0 aliphatic heterocycles. The molecular weight excluding hydrogens is 362 g/mol. The van der Waals surface area contributed by atoms with E-state index in [0.29, 0.717) is 18.2 Å². The Morgan fingerprint density at radius 3 is 2.68 bits per heavy atom. The molecule has 2 rings (SSSR count). The summed E-state index contributed by atoms with van der Waals surface area (Å²) < 4.78 is 6.55. The average molecular weight is 379 g/mol. The highest BCUT2D eigenvalue weighted by atomic mass is 79.9. The molecule has 0 fully saturated rings. The summed E-state index contributed by atoms with van der Waals surface area (Å²) in [5.41, 5.74) is 8.85. The van der Waals surface area contributed by atoms with E-state index in [9.17, 15) is 0 Å². The molecule has 0 bridgehead atoms. The summed E-state index contributed by atoms with van der Waals surface area (Å²) in [4.78, 5) is 0. The molecule has 2 aromatic rings. The number of hydrogen-bond donors (Lipinski definition) is 1. The van der Waals surface area contributed by atoms with Crippen molar-refractivity contribution in [3.8, 4) is 5.75 Å². The molecule has 0 saturated carbocycles. The second kappa shape index (κ2) is 8.18. The van der Waals surface area contributed by atoms with Gasteiger partial charge >= 0.3 is 0 Å². The van der Waals surface area contributed by atoms with Crippen molar-refractivity contribution in [3.63, 3.8) is 0 Å². The van der Waals surface area contributed by atoms with Gasteiger partial charge in [0.25, 0.3) is 0 Å². The summed E-state index contributed by atoms with van der Waals surface area (Å²) in [6, 6.07) is 11.7. The molecule has 0 atom stereocenters. The molecule has 2 aromatic carbocycles. The lowest BCUT2D eigenvalue weighted by molar-refractivity contribution is 0.363. The number of rotatable bonds is 6. The fourth-order valence-electron chi connectivity index (χ4n) is 1.96. The maximum Gasteiger partial charge on any atom is 0.120 e. The van der Waals surface area contributed by atoms with Crippen LogP contribution in [-0.4, -0.2) is 6.61 Å². The highest BCUT2D eigenvalue weighted by Crippen LogP contribution is 2.24. The second-order valence-corrected chi connectivity index (χ2v) is 6.00. The van der Waals surface area contributed by atoms with E-state index in [1.807, 2.05) is 48.6 Å². The van der Waals surface area contributed by atoms with Gasteiger partial charge in [-0.25, -0.2) is 0 Å². The fourth-order valence-corrected chi connectivity index (χ4v) is 2.78. The predicted octanol–water partition coefficient (Wildman–Crippen LogP) is 5.30. The van der Waals surface area contributed by atoms with Crippen LogP contribution in [0.25, 0.3) is 12.2 Å². The minimum Gasteiger partial charge on any atom is -0.490 e. The standard InChI is InChI=1S/C18H17BrClNO/c1-2-7-22-17-9-13(8-14(10-17)12-21)3-4-15-5-6-16(20)11-18(15)19/h2-6,8-11H,1,7,12,21H2/b4-3+. The van der Waals surface area contributed by atoms with E-state index in [4.69, 9.17) is 22.1 Å². The molecule has 2 N–H and O–H groups in total. The summed E-state index contributed by atoms with van der Waals surface area (Å²) in [6.45, 7) is 4.60. The third-order valence-electron chi connectivity index (χ3n) is 3.01. The molecule has 0 amide bonds. The quantitative estimate of drug-likeness (QED) is 0.547. The van der Waals surface area contributed by atoms with E-state index in [1.165, 1.54) is 0 Å². The van der Waals surface area contributed by atoms with Crippen LogP contribution in [0.1, 0.15) is 16.7 Å². The highest BCUT2D eigenvalue weighted by molar-refractivity contribution is 9.10. The molecule has 0 heterocycles. The Kier molecular flexibility index (Phi) is 6.25. The van der Waals surface area contributed by atoms with Crippen molar-refractivity contribution < 1.29 is 4.74 Å². The number of benzene rings is 2. The molecule has 0 aliphatic rings. The second-order valence-electron chi connectivity index (χ2n) is 4.71. The smallest absolute Gasteiger partial charge is 0.120 e. The summed E-state index contributed by atoms with van der Waals surface area (Å²) in [5.74, 6) is 0.790. The Morgan fingerprint density at radius 2 is 2.00 bits per heavy atom. The van der Waals surface area contributed by atoms with Crippen LogP contribution >= 0.6 is 27.5 Å². The Balaban J connectivity index is 2.27. The topological polar surface area (TPSA) is 35.2 Å². The monoisotopic (exact) mass is 377 g/mol. The Labute approximate surface area is 144 Å². The summed E-state index contributed by atoms with van der Waals surface area (Å²) in [5, 5.41) is 0.703. The molecule has 22 heavy (non-hydrogen) atoms. The lowest BCUT2D eigenvalue weighted by atomic mass is 10.1.